The number of hydrogen-bond donors (Lipinski definition) is 0. The van der Waals surface area contributed by atoms with Gasteiger partial charge in [0.25, 0.3) is 0 Å². The fraction of sp³-hybridized carbons (Fsp3) is 0.839. The van der Waals surface area contributed by atoms with Gasteiger partial charge in [0.15, 0.2) is 11.9 Å². The van der Waals surface area contributed by atoms with E-state index < -0.39 is 23.6 Å². The largest absolute Gasteiger partial charge is 0.469 e. The molecule has 224 valence electrons. The second-order valence-corrected chi connectivity index (χ2v) is 13.3. The van der Waals surface area contributed by atoms with Crippen LogP contribution in [0.15, 0.2) is 0 Å². The van der Waals surface area contributed by atoms with Crippen molar-refractivity contribution in [2.75, 3.05) is 7.11 Å². The van der Waals surface area contributed by atoms with E-state index in [1.54, 1.807) is 0 Å². The molecule has 4 fully saturated rings. The minimum atomic E-state index is -0.951. The summed E-state index contributed by atoms with van der Waals surface area (Å²) < 4.78 is 22.4. The summed E-state index contributed by atoms with van der Waals surface area (Å²) in [4.78, 5) is 63.1. The predicted octanol–water partition coefficient (Wildman–Crippen LogP) is 4.43. The number of carbonyl (C=O) groups excluding carboxylic acids is 5. The van der Waals surface area contributed by atoms with E-state index in [-0.39, 0.29) is 77.1 Å². The molecule has 4 aliphatic carbocycles. The zero-order valence-corrected chi connectivity index (χ0v) is 25.0. The Hall–Kier alpha value is -2.45. The molecule has 0 aromatic heterocycles. The SMILES string of the molecule is COC(=O)CC[C@@H](C)[C@H]1CC[C@H]2[C@H]3[C@H]([C@H](OC(C)=O)C(=O)[C@]12C)[C@@]1(C)CC[C@@H](OC(C)=O)C[C@H]1C[C@H]3OC(C)=O. The lowest BCUT2D eigenvalue weighted by atomic mass is 9.42. The Labute approximate surface area is 237 Å². The van der Waals surface area contributed by atoms with E-state index in [0.717, 1.165) is 19.3 Å². The van der Waals surface area contributed by atoms with Gasteiger partial charge in [0.05, 0.1) is 7.11 Å². The summed E-state index contributed by atoms with van der Waals surface area (Å²) in [5.41, 5.74) is -1.14. The van der Waals surface area contributed by atoms with Crippen molar-refractivity contribution in [2.24, 2.45) is 46.3 Å². The van der Waals surface area contributed by atoms with Gasteiger partial charge in [-0.05, 0) is 74.0 Å². The first kappa shape index (κ1) is 30.5. The average Bonchev–Trinajstić information content (AvgIpc) is 3.22. The summed E-state index contributed by atoms with van der Waals surface area (Å²) in [6, 6.07) is 0. The summed E-state index contributed by atoms with van der Waals surface area (Å²) in [5.74, 6) is -1.93. The second kappa shape index (κ2) is 11.4. The highest BCUT2D eigenvalue weighted by Gasteiger charge is 2.71. The van der Waals surface area contributed by atoms with Crippen LogP contribution in [-0.2, 0) is 42.9 Å². The van der Waals surface area contributed by atoms with Gasteiger partial charge in [-0.2, -0.15) is 0 Å². The number of carbonyl (C=O) groups is 5. The number of Topliss-reactive ketones (excluding diaryl/α,β-unsaturated/α-hetero) is 1. The molecule has 0 aromatic carbocycles. The molecule has 0 aliphatic heterocycles. The first-order valence-corrected chi connectivity index (χ1v) is 14.9. The first-order valence-electron chi connectivity index (χ1n) is 14.9. The van der Waals surface area contributed by atoms with E-state index in [0.29, 0.717) is 25.7 Å². The molecule has 4 saturated carbocycles. The monoisotopic (exact) mass is 562 g/mol. The number of rotatable bonds is 7. The maximum atomic E-state index is 14.6. The quantitative estimate of drug-likeness (QED) is 0.328. The van der Waals surface area contributed by atoms with E-state index >= 15 is 0 Å². The van der Waals surface area contributed by atoms with Crippen molar-refractivity contribution in [3.8, 4) is 0 Å². The van der Waals surface area contributed by atoms with Crippen LogP contribution in [0.2, 0.25) is 0 Å². The summed E-state index contributed by atoms with van der Waals surface area (Å²) in [5, 5.41) is 0. The molecule has 0 bridgehead atoms. The molecule has 4 rings (SSSR count). The van der Waals surface area contributed by atoms with Gasteiger partial charge in [-0.15, -0.1) is 0 Å². The van der Waals surface area contributed by atoms with Crippen LogP contribution in [0.25, 0.3) is 0 Å². The molecule has 0 spiro atoms. The van der Waals surface area contributed by atoms with E-state index in [2.05, 4.69) is 13.8 Å². The predicted molar refractivity (Wildman–Crippen MR) is 143 cm³/mol. The van der Waals surface area contributed by atoms with Crippen LogP contribution in [0.4, 0.5) is 0 Å². The summed E-state index contributed by atoms with van der Waals surface area (Å²) in [7, 11) is 1.38. The highest BCUT2D eigenvalue weighted by molar-refractivity contribution is 5.92. The van der Waals surface area contributed by atoms with Crippen LogP contribution in [-0.4, -0.2) is 55.1 Å². The molecule has 40 heavy (non-hydrogen) atoms. The number of ether oxygens (including phenoxy) is 4. The Morgan fingerprint density at radius 3 is 2.17 bits per heavy atom. The van der Waals surface area contributed by atoms with Gasteiger partial charge >= 0.3 is 23.9 Å². The normalized spacial score (nSPS) is 41.0. The van der Waals surface area contributed by atoms with E-state index in [4.69, 9.17) is 18.9 Å². The van der Waals surface area contributed by atoms with Gasteiger partial charge in [0, 0.05) is 44.4 Å². The lowest BCUT2D eigenvalue weighted by molar-refractivity contribution is -0.224. The first-order chi connectivity index (χ1) is 18.7. The van der Waals surface area contributed by atoms with Crippen molar-refractivity contribution in [1.82, 2.24) is 0 Å². The second-order valence-electron chi connectivity index (χ2n) is 13.3. The summed E-state index contributed by atoms with van der Waals surface area (Å²) in [6.07, 6.45) is 3.51. The molecule has 4 aliphatic rings. The smallest absolute Gasteiger partial charge is 0.305 e. The number of methoxy groups -OCH3 is 1. The van der Waals surface area contributed by atoms with Crippen LogP contribution >= 0.6 is 0 Å². The van der Waals surface area contributed by atoms with Gasteiger partial charge in [-0.25, -0.2) is 0 Å². The molecule has 0 amide bonds. The van der Waals surface area contributed by atoms with Gasteiger partial charge in [-0.3, -0.25) is 24.0 Å². The molecule has 0 radical (unpaired) electrons. The molecular weight excluding hydrogens is 516 g/mol. The van der Waals surface area contributed by atoms with E-state index in [9.17, 15) is 24.0 Å². The third-order valence-corrected chi connectivity index (χ3v) is 11.2. The molecule has 11 atom stereocenters. The highest BCUT2D eigenvalue weighted by Crippen LogP contribution is 2.68. The Balaban J connectivity index is 1.76. The van der Waals surface area contributed by atoms with Gasteiger partial charge in [0.1, 0.15) is 12.2 Å². The van der Waals surface area contributed by atoms with Crippen molar-refractivity contribution >= 4 is 29.7 Å². The van der Waals surface area contributed by atoms with E-state index in [1.165, 1.54) is 27.9 Å². The fourth-order valence-electron chi connectivity index (χ4n) is 9.52. The molecule has 9 nitrogen and oxygen atoms in total. The van der Waals surface area contributed by atoms with Crippen molar-refractivity contribution in [3.63, 3.8) is 0 Å². The Bertz CT molecular complexity index is 1040. The maximum absolute atomic E-state index is 14.6. The number of ketones is 1. The van der Waals surface area contributed by atoms with Crippen LogP contribution in [0.1, 0.15) is 92.9 Å². The lowest BCUT2D eigenvalue weighted by Gasteiger charge is -2.63. The van der Waals surface area contributed by atoms with Crippen LogP contribution in [0, 0.1) is 46.3 Å². The third-order valence-electron chi connectivity index (χ3n) is 11.2. The van der Waals surface area contributed by atoms with Crippen molar-refractivity contribution < 1.29 is 42.9 Å². The van der Waals surface area contributed by atoms with Crippen molar-refractivity contribution in [3.05, 3.63) is 0 Å². The van der Waals surface area contributed by atoms with Gasteiger partial charge in [0.2, 0.25) is 0 Å². The highest BCUT2D eigenvalue weighted by atomic mass is 16.6. The minimum Gasteiger partial charge on any atom is -0.469 e. The zero-order chi connectivity index (χ0) is 29.6. The zero-order valence-electron chi connectivity index (χ0n) is 25.0. The van der Waals surface area contributed by atoms with Crippen molar-refractivity contribution in [1.29, 1.82) is 0 Å². The van der Waals surface area contributed by atoms with Crippen LogP contribution in [0.5, 0.6) is 0 Å². The molecule has 0 saturated heterocycles. The number of fused-ring (bicyclic) bond motifs is 5. The molecule has 9 heteroatoms. The molecule has 0 heterocycles. The fourth-order valence-corrected chi connectivity index (χ4v) is 9.52. The minimum absolute atomic E-state index is 0.00289. The van der Waals surface area contributed by atoms with Gasteiger partial charge < -0.3 is 18.9 Å². The Morgan fingerprint density at radius 1 is 0.925 bits per heavy atom. The summed E-state index contributed by atoms with van der Waals surface area (Å²) >= 11 is 0. The number of esters is 4. The van der Waals surface area contributed by atoms with Crippen molar-refractivity contribution in [2.45, 2.75) is 111 Å². The third kappa shape index (κ3) is 5.29. The lowest BCUT2D eigenvalue weighted by Crippen LogP contribution is -2.67. The number of hydrogen-bond acceptors (Lipinski definition) is 9. The molecular formula is C31H46O9. The van der Waals surface area contributed by atoms with Crippen LogP contribution < -0.4 is 0 Å². The van der Waals surface area contributed by atoms with Gasteiger partial charge in [-0.1, -0.05) is 20.8 Å². The molecule has 0 N–H and O–H groups in total. The molecule has 0 unspecified atom stereocenters. The van der Waals surface area contributed by atoms with Crippen LogP contribution in [0.3, 0.4) is 0 Å². The standard InChI is InChI=1S/C31H46O9/c1-16(8-11-25(35)37-7)22-9-10-23-26-24(39-18(3)33)15-20-14-21(38-17(2)32)12-13-30(20,5)27(26)28(40-19(4)34)29(36)31(22,23)6/h16,20-24,26-28H,8-15H2,1-7H3/t16-,20+,21-,22-,23+,24-,26-,27-,28+,30+,31-/m1/s1. The average molecular weight is 563 g/mol. The van der Waals surface area contributed by atoms with E-state index in [1.807, 2.05) is 6.92 Å². The summed E-state index contributed by atoms with van der Waals surface area (Å²) in [6.45, 7) is 10.4. The Morgan fingerprint density at radius 2 is 1.57 bits per heavy atom. The Kier molecular flexibility index (Phi) is 8.72. The molecule has 0 aromatic rings. The maximum Gasteiger partial charge on any atom is 0.305 e. The topological polar surface area (TPSA) is 122 Å².